The molecular formula is C28H28N4O4. The van der Waals surface area contributed by atoms with Gasteiger partial charge in [-0.15, -0.1) is 0 Å². The summed E-state index contributed by atoms with van der Waals surface area (Å²) in [6.07, 6.45) is 3.60. The third-order valence-corrected chi connectivity index (χ3v) is 6.71. The lowest BCUT2D eigenvalue weighted by Gasteiger charge is -2.35. The van der Waals surface area contributed by atoms with Crippen LogP contribution in [0.4, 0.5) is 0 Å². The highest BCUT2D eigenvalue weighted by Gasteiger charge is 2.26. The first-order valence-corrected chi connectivity index (χ1v) is 11.9. The number of rotatable bonds is 7. The summed E-state index contributed by atoms with van der Waals surface area (Å²) < 4.78 is 6.92. The first-order valence-electron chi connectivity index (χ1n) is 11.9. The van der Waals surface area contributed by atoms with E-state index in [0.717, 1.165) is 32.7 Å². The van der Waals surface area contributed by atoms with E-state index in [2.05, 4.69) is 14.8 Å². The largest absolute Gasteiger partial charge is 0.497 e. The van der Waals surface area contributed by atoms with Crippen molar-refractivity contribution in [2.45, 2.75) is 13.1 Å². The number of carboxylic acids is 1. The van der Waals surface area contributed by atoms with E-state index in [1.54, 1.807) is 68.0 Å². The van der Waals surface area contributed by atoms with Crippen molar-refractivity contribution in [1.29, 1.82) is 0 Å². The Morgan fingerprint density at radius 2 is 1.58 bits per heavy atom. The lowest BCUT2D eigenvalue weighted by molar-refractivity contribution is 0.0693. The molecule has 1 fully saturated rings. The van der Waals surface area contributed by atoms with Crippen LogP contribution in [0.25, 0.3) is 16.5 Å². The second kappa shape index (κ2) is 10.3. The molecule has 36 heavy (non-hydrogen) atoms. The molecule has 0 unspecified atom stereocenters. The van der Waals surface area contributed by atoms with Crippen LogP contribution >= 0.6 is 0 Å². The molecule has 1 aliphatic heterocycles. The summed E-state index contributed by atoms with van der Waals surface area (Å²) in [7, 11) is 1.57. The number of hydrogen-bond acceptors (Lipinski definition) is 6. The molecule has 3 heterocycles. The normalized spacial score (nSPS) is 14.7. The van der Waals surface area contributed by atoms with Gasteiger partial charge in [0.2, 0.25) is 0 Å². The Balaban J connectivity index is 1.52. The van der Waals surface area contributed by atoms with Gasteiger partial charge in [0.05, 0.1) is 24.1 Å². The first kappa shape index (κ1) is 23.7. The van der Waals surface area contributed by atoms with Crippen molar-refractivity contribution in [3.63, 3.8) is 0 Å². The summed E-state index contributed by atoms with van der Waals surface area (Å²) in [6.45, 7) is 4.43. The number of aromatic carboxylic acids is 1. The van der Waals surface area contributed by atoms with Gasteiger partial charge in [0.15, 0.2) is 0 Å². The number of piperazine rings is 1. The van der Waals surface area contributed by atoms with Gasteiger partial charge in [-0.3, -0.25) is 24.1 Å². The number of hydrogen-bond donors (Lipinski definition) is 1. The predicted octanol–water partition coefficient (Wildman–Crippen LogP) is 3.41. The van der Waals surface area contributed by atoms with Crippen molar-refractivity contribution in [3.05, 3.63) is 100 Å². The molecule has 2 aromatic carbocycles. The Morgan fingerprint density at radius 3 is 2.25 bits per heavy atom. The topological polar surface area (TPSA) is 87.9 Å². The van der Waals surface area contributed by atoms with Gasteiger partial charge in [0.1, 0.15) is 5.75 Å². The van der Waals surface area contributed by atoms with Crippen molar-refractivity contribution in [2.75, 3.05) is 33.3 Å². The third kappa shape index (κ3) is 4.73. The maximum absolute atomic E-state index is 13.7. The molecule has 0 spiro atoms. The highest BCUT2D eigenvalue weighted by atomic mass is 16.5. The van der Waals surface area contributed by atoms with E-state index in [-0.39, 0.29) is 11.1 Å². The zero-order valence-electron chi connectivity index (χ0n) is 20.1. The number of aromatic nitrogens is 2. The summed E-state index contributed by atoms with van der Waals surface area (Å²) >= 11 is 0. The smallest absolute Gasteiger partial charge is 0.338 e. The van der Waals surface area contributed by atoms with Gasteiger partial charge in [-0.05, 0) is 35.9 Å². The van der Waals surface area contributed by atoms with Crippen LogP contribution in [0.5, 0.6) is 5.75 Å². The number of ether oxygens (including phenoxy) is 1. The predicted molar refractivity (Wildman–Crippen MR) is 138 cm³/mol. The average molecular weight is 485 g/mol. The minimum atomic E-state index is -1.05. The van der Waals surface area contributed by atoms with Gasteiger partial charge in [0.25, 0.3) is 5.56 Å². The summed E-state index contributed by atoms with van der Waals surface area (Å²) in [6, 6.07) is 18.1. The molecule has 0 amide bonds. The molecule has 0 radical (unpaired) electrons. The van der Waals surface area contributed by atoms with Gasteiger partial charge < -0.3 is 9.84 Å². The number of methoxy groups -OCH3 is 1. The minimum absolute atomic E-state index is 0.159. The van der Waals surface area contributed by atoms with Crippen LogP contribution in [0, 0.1) is 0 Å². The quantitative estimate of drug-likeness (QED) is 0.430. The van der Waals surface area contributed by atoms with E-state index in [1.165, 1.54) is 10.1 Å². The Kier molecular flexibility index (Phi) is 6.79. The zero-order chi connectivity index (χ0) is 25.1. The molecule has 1 saturated heterocycles. The van der Waals surface area contributed by atoms with E-state index in [9.17, 15) is 14.7 Å². The van der Waals surface area contributed by atoms with Crippen LogP contribution in [0.1, 0.15) is 21.6 Å². The number of fused-ring (bicyclic) bond motifs is 1. The molecule has 8 nitrogen and oxygen atoms in total. The van der Waals surface area contributed by atoms with E-state index in [0.29, 0.717) is 34.4 Å². The summed E-state index contributed by atoms with van der Waals surface area (Å²) in [4.78, 5) is 35.0. The third-order valence-electron chi connectivity index (χ3n) is 6.71. The molecule has 5 rings (SSSR count). The van der Waals surface area contributed by atoms with Crippen molar-refractivity contribution >= 4 is 16.7 Å². The molecule has 8 heteroatoms. The number of nitrogens with zero attached hydrogens (tertiary/aromatic N) is 4. The molecule has 2 aromatic heterocycles. The van der Waals surface area contributed by atoms with Gasteiger partial charge in [0, 0.05) is 68.5 Å². The van der Waals surface area contributed by atoms with Crippen molar-refractivity contribution in [1.82, 2.24) is 19.4 Å². The van der Waals surface area contributed by atoms with E-state index in [4.69, 9.17) is 4.74 Å². The van der Waals surface area contributed by atoms with Gasteiger partial charge in [-0.25, -0.2) is 4.79 Å². The zero-order valence-corrected chi connectivity index (χ0v) is 20.1. The highest BCUT2D eigenvalue weighted by molar-refractivity contribution is 6.04. The molecule has 184 valence electrons. The fraction of sp³-hybridized carbons (Fsp3) is 0.250. The van der Waals surface area contributed by atoms with Crippen LogP contribution in [-0.2, 0) is 13.1 Å². The van der Waals surface area contributed by atoms with Gasteiger partial charge in [-0.1, -0.05) is 24.3 Å². The Labute approximate surface area is 209 Å². The SMILES string of the molecule is COc1cccc(-n2c(CN3CCN(Cc4ccncc4)CC3)c(C(=O)O)c3ccccc3c2=O)c1. The molecule has 1 N–H and O–H groups in total. The molecule has 0 bridgehead atoms. The number of carbonyl (C=O) groups is 1. The number of pyridine rings is 2. The van der Waals surface area contributed by atoms with Crippen LogP contribution < -0.4 is 10.3 Å². The summed E-state index contributed by atoms with van der Waals surface area (Å²) in [5.41, 5.74) is 2.19. The second-order valence-corrected chi connectivity index (χ2v) is 8.92. The van der Waals surface area contributed by atoms with Crippen molar-refractivity contribution in [2.24, 2.45) is 0 Å². The lowest BCUT2D eigenvalue weighted by atomic mass is 10.0. The van der Waals surface area contributed by atoms with Crippen LogP contribution in [0.2, 0.25) is 0 Å². The fourth-order valence-electron chi connectivity index (χ4n) is 4.87. The highest BCUT2D eigenvalue weighted by Crippen LogP contribution is 2.26. The first-order chi connectivity index (χ1) is 17.5. The Morgan fingerprint density at radius 1 is 0.917 bits per heavy atom. The minimum Gasteiger partial charge on any atom is -0.497 e. The second-order valence-electron chi connectivity index (χ2n) is 8.92. The fourth-order valence-corrected chi connectivity index (χ4v) is 4.87. The molecular weight excluding hydrogens is 456 g/mol. The lowest BCUT2D eigenvalue weighted by Crippen LogP contribution is -2.46. The van der Waals surface area contributed by atoms with Crippen LogP contribution in [0.15, 0.2) is 77.9 Å². The standard InChI is InChI=1S/C28H28N4O4/c1-36-22-6-4-5-21(17-22)32-25(26(28(34)35)23-7-2-3-8-24(23)27(32)33)19-31-15-13-30(14-16-31)18-20-9-11-29-12-10-20/h2-12,17H,13-16,18-19H2,1H3,(H,34,35). The molecule has 0 saturated carbocycles. The maximum Gasteiger partial charge on any atom is 0.338 e. The van der Waals surface area contributed by atoms with Crippen molar-refractivity contribution < 1.29 is 14.6 Å². The monoisotopic (exact) mass is 484 g/mol. The molecule has 4 aromatic rings. The number of carboxylic acid groups (broad SMARTS) is 1. The van der Waals surface area contributed by atoms with E-state index >= 15 is 0 Å². The summed E-state index contributed by atoms with van der Waals surface area (Å²) in [5.74, 6) is -0.450. The molecule has 0 aliphatic carbocycles. The summed E-state index contributed by atoms with van der Waals surface area (Å²) in [5, 5.41) is 11.1. The van der Waals surface area contributed by atoms with E-state index < -0.39 is 5.97 Å². The van der Waals surface area contributed by atoms with Crippen LogP contribution in [-0.4, -0.2) is 63.7 Å². The molecule has 1 aliphatic rings. The van der Waals surface area contributed by atoms with Gasteiger partial charge in [-0.2, -0.15) is 0 Å². The van der Waals surface area contributed by atoms with E-state index in [1.807, 2.05) is 12.1 Å². The Hall–Kier alpha value is -4.01. The van der Waals surface area contributed by atoms with Crippen molar-refractivity contribution in [3.8, 4) is 11.4 Å². The molecule has 0 atom stereocenters. The average Bonchev–Trinajstić information content (AvgIpc) is 2.90. The number of benzene rings is 2. The van der Waals surface area contributed by atoms with Crippen LogP contribution in [0.3, 0.4) is 0 Å². The van der Waals surface area contributed by atoms with Gasteiger partial charge >= 0.3 is 5.97 Å². The Bertz CT molecular complexity index is 1440. The maximum atomic E-state index is 13.7.